The number of rotatable bonds is 7. The van der Waals surface area contributed by atoms with Gasteiger partial charge in [-0.3, -0.25) is 9.36 Å². The van der Waals surface area contributed by atoms with Crippen molar-refractivity contribution in [2.24, 2.45) is 0 Å². The maximum atomic E-state index is 12.5. The third kappa shape index (κ3) is 4.43. The first-order valence-corrected chi connectivity index (χ1v) is 11.5. The maximum absolute atomic E-state index is 12.5. The first kappa shape index (κ1) is 21.4. The molecule has 3 aromatic heterocycles. The van der Waals surface area contributed by atoms with Gasteiger partial charge in [-0.15, -0.1) is 28.1 Å². The number of hydrogen-bond donors (Lipinski definition) is 2. The summed E-state index contributed by atoms with van der Waals surface area (Å²) in [4.78, 5) is 18.5. The van der Waals surface area contributed by atoms with Crippen molar-refractivity contribution in [2.45, 2.75) is 18.6 Å². The highest BCUT2D eigenvalue weighted by Gasteiger charge is 2.20. The Balaban J connectivity index is 1.55. The van der Waals surface area contributed by atoms with Crippen LogP contribution in [0.15, 0.2) is 54.3 Å². The summed E-state index contributed by atoms with van der Waals surface area (Å²) in [5, 5.41) is 13.7. The van der Waals surface area contributed by atoms with Gasteiger partial charge in [0.15, 0.2) is 11.0 Å². The quantitative estimate of drug-likeness (QED) is 0.291. The number of thiophene rings is 1. The van der Waals surface area contributed by atoms with E-state index < -0.39 is 0 Å². The summed E-state index contributed by atoms with van der Waals surface area (Å²) in [5.74, 6) is 0.674. The minimum absolute atomic E-state index is 0.143. The molecule has 4 rings (SSSR count). The van der Waals surface area contributed by atoms with Crippen LogP contribution in [0.2, 0.25) is 5.02 Å². The number of aromatic nitrogens is 4. The third-order valence-corrected chi connectivity index (χ3v) is 6.86. The number of pyridine rings is 1. The van der Waals surface area contributed by atoms with E-state index in [1.807, 2.05) is 29.7 Å². The predicted molar refractivity (Wildman–Crippen MR) is 129 cm³/mol. The lowest BCUT2D eigenvalue weighted by molar-refractivity contribution is -0.113. The topological polar surface area (TPSA) is 98.7 Å². The van der Waals surface area contributed by atoms with Crippen LogP contribution in [0, 0.1) is 6.92 Å². The van der Waals surface area contributed by atoms with Gasteiger partial charge in [0, 0.05) is 28.8 Å². The summed E-state index contributed by atoms with van der Waals surface area (Å²) < 4.78 is 1.90. The number of carbonyl (C=O) groups excluding carboxylic acids is 1. The van der Waals surface area contributed by atoms with Gasteiger partial charge < -0.3 is 11.1 Å². The van der Waals surface area contributed by atoms with E-state index in [-0.39, 0.29) is 11.7 Å². The van der Waals surface area contributed by atoms with Crippen molar-refractivity contribution in [3.8, 4) is 10.7 Å². The van der Waals surface area contributed by atoms with E-state index in [1.165, 1.54) is 23.1 Å². The van der Waals surface area contributed by atoms with Crippen molar-refractivity contribution in [3.05, 3.63) is 59.8 Å². The van der Waals surface area contributed by atoms with E-state index in [1.54, 1.807) is 24.4 Å². The van der Waals surface area contributed by atoms with Crippen LogP contribution in [0.4, 0.5) is 11.4 Å². The van der Waals surface area contributed by atoms with Crippen LogP contribution < -0.4 is 11.1 Å². The molecule has 10 heteroatoms. The summed E-state index contributed by atoms with van der Waals surface area (Å²) >= 11 is 8.75. The van der Waals surface area contributed by atoms with Crippen LogP contribution >= 0.6 is 34.7 Å². The molecule has 0 aliphatic rings. The Morgan fingerprint density at radius 1 is 1.39 bits per heavy atom. The van der Waals surface area contributed by atoms with Gasteiger partial charge in [0.1, 0.15) is 4.83 Å². The number of amides is 1. The number of thioether (sulfide) groups is 1. The first-order chi connectivity index (χ1) is 15.0. The van der Waals surface area contributed by atoms with Crippen molar-refractivity contribution in [3.63, 3.8) is 0 Å². The summed E-state index contributed by atoms with van der Waals surface area (Å²) in [5.41, 5.74) is 8.61. The number of nitrogens with one attached hydrogen (secondary N) is 1. The van der Waals surface area contributed by atoms with Gasteiger partial charge in [-0.25, -0.2) is 4.98 Å². The molecule has 4 aromatic rings. The fourth-order valence-electron chi connectivity index (χ4n) is 3.06. The minimum atomic E-state index is -0.143. The van der Waals surface area contributed by atoms with E-state index >= 15 is 0 Å². The molecular formula is C21H19ClN6OS2. The van der Waals surface area contributed by atoms with Gasteiger partial charge >= 0.3 is 0 Å². The molecule has 158 valence electrons. The Morgan fingerprint density at radius 2 is 2.23 bits per heavy atom. The third-order valence-electron chi connectivity index (χ3n) is 4.53. The fourth-order valence-corrected chi connectivity index (χ4v) is 5.09. The lowest BCUT2D eigenvalue weighted by Gasteiger charge is -2.09. The molecule has 3 N–H and O–H groups in total. The largest absolute Gasteiger partial charge is 0.397 e. The van der Waals surface area contributed by atoms with E-state index in [4.69, 9.17) is 17.3 Å². The van der Waals surface area contributed by atoms with Crippen LogP contribution in [0.1, 0.15) is 5.56 Å². The van der Waals surface area contributed by atoms with Crippen LogP contribution in [0.3, 0.4) is 0 Å². The molecule has 1 aromatic carbocycles. The molecule has 0 radical (unpaired) electrons. The van der Waals surface area contributed by atoms with Crippen molar-refractivity contribution >= 4 is 62.2 Å². The number of nitrogens with two attached hydrogens (primary N) is 1. The number of nitrogen functional groups attached to an aromatic ring is 1. The number of aryl methyl sites for hydroxylation is 1. The number of benzene rings is 1. The maximum Gasteiger partial charge on any atom is 0.234 e. The minimum Gasteiger partial charge on any atom is -0.397 e. The summed E-state index contributed by atoms with van der Waals surface area (Å²) in [6, 6.07) is 9.13. The lowest BCUT2D eigenvalue weighted by Crippen LogP contribution is -2.15. The van der Waals surface area contributed by atoms with Crippen molar-refractivity contribution < 1.29 is 4.79 Å². The standard InChI is InChI=1S/C21H19ClN6OS2/c1-3-9-28-19(18-17(23)14-5-4-8-24-20(14)31-18)26-27-21(28)30-11-16(29)25-15-7-6-13(22)10-12(15)2/h3-8,10H,1,9,11,23H2,2H3,(H,25,29). The number of hydrogen-bond acceptors (Lipinski definition) is 7. The van der Waals surface area contributed by atoms with Gasteiger partial charge in [-0.2, -0.15) is 0 Å². The molecular weight excluding hydrogens is 452 g/mol. The second kappa shape index (κ2) is 9.09. The fraction of sp³-hybridized carbons (Fsp3) is 0.143. The molecule has 0 saturated heterocycles. The predicted octanol–water partition coefficient (Wildman–Crippen LogP) is 5.02. The number of carbonyl (C=O) groups is 1. The Bertz CT molecular complexity index is 1280. The Labute approximate surface area is 192 Å². The normalized spacial score (nSPS) is 11.0. The van der Waals surface area contributed by atoms with Crippen molar-refractivity contribution in [1.82, 2.24) is 19.7 Å². The van der Waals surface area contributed by atoms with Crippen molar-refractivity contribution in [1.29, 1.82) is 0 Å². The first-order valence-electron chi connectivity index (χ1n) is 9.34. The molecule has 0 aliphatic carbocycles. The molecule has 0 spiro atoms. The highest BCUT2D eigenvalue weighted by molar-refractivity contribution is 7.99. The Hall–Kier alpha value is -2.88. The summed E-state index contributed by atoms with van der Waals surface area (Å²) in [6.45, 7) is 6.21. The van der Waals surface area contributed by atoms with Gasteiger partial charge in [0.25, 0.3) is 0 Å². The van der Waals surface area contributed by atoms with Crippen LogP contribution in [0.5, 0.6) is 0 Å². The molecule has 7 nitrogen and oxygen atoms in total. The van der Waals surface area contributed by atoms with Crippen LogP contribution in [-0.2, 0) is 11.3 Å². The summed E-state index contributed by atoms with van der Waals surface area (Å²) in [6.07, 6.45) is 3.49. The zero-order chi connectivity index (χ0) is 22.0. The number of allylic oxidation sites excluding steroid dienone is 1. The second-order valence-corrected chi connectivity index (χ2v) is 9.08. The highest BCUT2D eigenvalue weighted by atomic mass is 35.5. The zero-order valence-corrected chi connectivity index (χ0v) is 19.0. The molecule has 1 amide bonds. The van der Waals surface area contributed by atoms with Gasteiger partial charge in [-0.05, 0) is 42.8 Å². The molecule has 0 saturated carbocycles. The van der Waals surface area contributed by atoms with E-state index in [2.05, 4.69) is 27.1 Å². The molecule has 0 unspecified atom stereocenters. The molecule has 0 fully saturated rings. The van der Waals surface area contributed by atoms with Crippen LogP contribution in [-0.4, -0.2) is 31.4 Å². The summed E-state index contributed by atoms with van der Waals surface area (Å²) in [7, 11) is 0. The monoisotopic (exact) mass is 470 g/mol. The number of nitrogens with zero attached hydrogens (tertiary/aromatic N) is 4. The molecule has 0 aliphatic heterocycles. The smallest absolute Gasteiger partial charge is 0.234 e. The van der Waals surface area contributed by atoms with E-state index in [0.717, 1.165) is 26.3 Å². The number of halogens is 1. The lowest BCUT2D eigenvalue weighted by atomic mass is 10.2. The van der Waals surface area contributed by atoms with E-state index in [9.17, 15) is 4.79 Å². The average molecular weight is 471 g/mol. The van der Waals surface area contributed by atoms with E-state index in [0.29, 0.717) is 28.2 Å². The number of fused-ring (bicyclic) bond motifs is 1. The highest BCUT2D eigenvalue weighted by Crippen LogP contribution is 2.39. The molecule has 31 heavy (non-hydrogen) atoms. The zero-order valence-electron chi connectivity index (χ0n) is 16.6. The van der Waals surface area contributed by atoms with Gasteiger partial charge in [0.2, 0.25) is 5.91 Å². The molecule has 0 atom stereocenters. The SMILES string of the molecule is C=CCn1c(SCC(=O)Nc2ccc(Cl)cc2C)nnc1-c1sc2ncccc2c1N. The van der Waals surface area contributed by atoms with Gasteiger partial charge in [0.05, 0.1) is 16.3 Å². The molecule has 3 heterocycles. The Morgan fingerprint density at radius 3 is 2.97 bits per heavy atom. The van der Waals surface area contributed by atoms with Crippen molar-refractivity contribution in [2.75, 3.05) is 16.8 Å². The van der Waals surface area contributed by atoms with Gasteiger partial charge in [-0.1, -0.05) is 29.4 Å². The van der Waals surface area contributed by atoms with Crippen LogP contribution in [0.25, 0.3) is 20.9 Å². The molecule has 0 bridgehead atoms. The number of anilines is 2. The second-order valence-electron chi connectivity index (χ2n) is 6.70. The Kier molecular flexibility index (Phi) is 6.26. The average Bonchev–Trinajstić information content (AvgIpc) is 3.30.